The lowest BCUT2D eigenvalue weighted by Crippen LogP contribution is -2.01. The van der Waals surface area contributed by atoms with Crippen LogP contribution in [0.25, 0.3) is 10.5 Å². The summed E-state index contributed by atoms with van der Waals surface area (Å²) < 4.78 is 7.98. The summed E-state index contributed by atoms with van der Waals surface area (Å²) in [5.74, 6) is 2.41. The van der Waals surface area contributed by atoms with Crippen molar-refractivity contribution in [1.82, 2.24) is 4.98 Å². The molecule has 0 aromatic rings. The van der Waals surface area contributed by atoms with Crippen LogP contribution in [0.4, 0.5) is 0 Å². The largest absolute Gasteiger partial charge is 0.513 e. The summed E-state index contributed by atoms with van der Waals surface area (Å²) in [7, 11) is 0. The highest BCUT2D eigenvalue weighted by atomic mass is 32.3. The average Bonchev–Trinajstić information content (AvgIpc) is 3.29. The van der Waals surface area contributed by atoms with E-state index in [4.69, 9.17) is 0 Å². The van der Waals surface area contributed by atoms with E-state index >= 15 is 0 Å². The van der Waals surface area contributed by atoms with Gasteiger partial charge in [0.1, 0.15) is 15.5 Å². The zero-order chi connectivity index (χ0) is 17.6. The second kappa shape index (κ2) is 9.99. The molecular weight excluding hydrogens is 427 g/mol. The standard InChI is InChI=1S/C17H21NOS6/c1-3-5-7-20-14-15(21-8-6-4-2)25-17(24-14)16-22-12-9-18-11(10-19)13(12)23-16/h9-10,19H,3-8H2,1-2H3/b11-10-. The number of rotatable bonds is 8. The lowest BCUT2D eigenvalue weighted by molar-refractivity contribution is 0.538. The van der Waals surface area contributed by atoms with Gasteiger partial charge in [0.05, 0.1) is 21.8 Å². The Labute approximate surface area is 173 Å². The lowest BCUT2D eigenvalue weighted by atomic mass is 10.4. The van der Waals surface area contributed by atoms with E-state index in [1.807, 2.05) is 53.2 Å². The Kier molecular flexibility index (Phi) is 8.00. The molecule has 3 rings (SSSR count). The van der Waals surface area contributed by atoms with E-state index in [0.717, 1.165) is 10.8 Å². The van der Waals surface area contributed by atoms with Crippen molar-refractivity contribution in [3.8, 4) is 0 Å². The maximum Gasteiger partial charge on any atom is 0.116 e. The van der Waals surface area contributed by atoms with Crippen LogP contribution in [0, 0.1) is 9.06 Å². The second-order valence-electron chi connectivity index (χ2n) is 5.43. The van der Waals surface area contributed by atoms with Crippen molar-refractivity contribution in [3.05, 3.63) is 32.9 Å². The van der Waals surface area contributed by atoms with Crippen molar-refractivity contribution in [2.75, 3.05) is 11.5 Å². The molecule has 0 atom stereocenters. The molecule has 3 heterocycles. The summed E-state index contributed by atoms with van der Waals surface area (Å²) in [6, 6.07) is 0. The van der Waals surface area contributed by atoms with Crippen LogP contribution in [0.5, 0.6) is 0 Å². The topological polar surface area (TPSA) is 33.1 Å². The van der Waals surface area contributed by atoms with Crippen LogP contribution >= 0.6 is 69.7 Å². The number of hydrogen-bond donors (Lipinski definition) is 1. The van der Waals surface area contributed by atoms with Crippen molar-refractivity contribution in [2.24, 2.45) is 0 Å². The molecule has 3 aliphatic rings. The maximum absolute atomic E-state index is 9.32. The second-order valence-corrected chi connectivity index (χ2v) is 12.8. The minimum Gasteiger partial charge on any atom is -0.513 e. The van der Waals surface area contributed by atoms with Gasteiger partial charge >= 0.3 is 0 Å². The van der Waals surface area contributed by atoms with E-state index in [1.54, 1.807) is 22.7 Å². The number of aromatic nitrogens is 1. The fourth-order valence-electron chi connectivity index (χ4n) is 2.09. The molecule has 1 N–H and O–H groups in total. The Morgan fingerprint density at radius 2 is 1.68 bits per heavy atom. The van der Waals surface area contributed by atoms with Gasteiger partial charge in [-0.15, -0.1) is 46.2 Å². The van der Waals surface area contributed by atoms with Crippen LogP contribution in [-0.2, 0) is 0 Å². The van der Waals surface area contributed by atoms with E-state index in [0.29, 0.717) is 5.35 Å². The summed E-state index contributed by atoms with van der Waals surface area (Å²) >= 11 is 11.5. The average molecular weight is 448 g/mol. The lowest BCUT2D eigenvalue weighted by Gasteiger charge is -2.03. The van der Waals surface area contributed by atoms with Gasteiger partial charge in [-0.2, -0.15) is 0 Å². The van der Waals surface area contributed by atoms with Gasteiger partial charge in [0.2, 0.25) is 0 Å². The van der Waals surface area contributed by atoms with Crippen molar-refractivity contribution in [3.63, 3.8) is 0 Å². The number of hydrogen-bond acceptors (Lipinski definition) is 8. The smallest absolute Gasteiger partial charge is 0.116 e. The highest BCUT2D eigenvalue weighted by Crippen LogP contribution is 2.58. The molecule has 0 amide bonds. The SMILES string of the molecule is CCCCSC1=C(SCCCC)SC(=c2sc3cn/c(=C\O)c=3s2)S1. The van der Waals surface area contributed by atoms with Crippen LogP contribution in [0.1, 0.15) is 39.5 Å². The minimum atomic E-state index is 0.694. The summed E-state index contributed by atoms with van der Waals surface area (Å²) in [5, 5.41) is 10.0. The number of nitrogens with zero attached hydrogens (tertiary/aromatic N) is 1. The number of thioether (sulfide) groups is 4. The molecule has 0 unspecified atom stereocenters. The molecule has 0 radical (unpaired) electrons. The molecule has 0 fully saturated rings. The first-order chi connectivity index (χ1) is 12.3. The van der Waals surface area contributed by atoms with Crippen LogP contribution < -0.4 is 9.20 Å². The van der Waals surface area contributed by atoms with Gasteiger partial charge in [-0.3, -0.25) is 4.98 Å². The zero-order valence-corrected chi connectivity index (χ0v) is 19.1. The molecule has 0 saturated carbocycles. The third kappa shape index (κ3) is 4.96. The third-order valence-corrected chi connectivity index (χ3v) is 12.3. The van der Waals surface area contributed by atoms with Crippen LogP contribution in [0.3, 0.4) is 0 Å². The van der Waals surface area contributed by atoms with E-state index in [2.05, 4.69) is 18.8 Å². The highest BCUT2D eigenvalue weighted by Gasteiger charge is 2.23. The molecule has 0 aromatic carbocycles. The normalized spacial score (nSPS) is 15.9. The quantitative estimate of drug-likeness (QED) is 0.502. The van der Waals surface area contributed by atoms with Gasteiger partial charge in [0, 0.05) is 6.20 Å². The Morgan fingerprint density at radius 1 is 1.04 bits per heavy atom. The zero-order valence-electron chi connectivity index (χ0n) is 14.2. The number of aliphatic hydroxyl groups excluding tert-OH is 1. The molecule has 0 bridgehead atoms. The summed E-state index contributed by atoms with van der Waals surface area (Å²) in [6.07, 6.45) is 8.04. The number of aliphatic hydroxyl groups is 1. The Balaban J connectivity index is 1.85. The molecule has 8 heteroatoms. The summed E-state index contributed by atoms with van der Waals surface area (Å²) in [6.45, 7) is 4.51. The summed E-state index contributed by atoms with van der Waals surface area (Å²) in [4.78, 5) is 4.24. The van der Waals surface area contributed by atoms with Crippen molar-refractivity contribution < 1.29 is 5.11 Å². The van der Waals surface area contributed by atoms with Crippen LogP contribution in [0.2, 0.25) is 0 Å². The van der Waals surface area contributed by atoms with Gasteiger partial charge in [0.15, 0.2) is 0 Å². The first-order valence-corrected chi connectivity index (χ1v) is 13.6. The van der Waals surface area contributed by atoms with E-state index < -0.39 is 0 Å². The van der Waals surface area contributed by atoms with E-state index in [9.17, 15) is 5.11 Å². The van der Waals surface area contributed by atoms with Crippen molar-refractivity contribution in [1.29, 1.82) is 0 Å². The predicted octanol–water partition coefficient (Wildman–Crippen LogP) is 5.96. The summed E-state index contributed by atoms with van der Waals surface area (Å²) in [5.41, 5.74) is 0. The molecule has 0 aromatic heterocycles. The first kappa shape index (κ1) is 20.0. The maximum atomic E-state index is 9.32. The molecule has 0 saturated heterocycles. The monoisotopic (exact) mass is 447 g/mol. The van der Waals surface area contributed by atoms with E-state index in [-0.39, 0.29) is 0 Å². The van der Waals surface area contributed by atoms with E-state index in [1.165, 1.54) is 58.3 Å². The molecule has 136 valence electrons. The Hall–Kier alpha value is 0.270. The van der Waals surface area contributed by atoms with Crippen molar-refractivity contribution >= 4 is 80.2 Å². The molecule has 0 spiro atoms. The molecule has 2 nitrogen and oxygen atoms in total. The van der Waals surface area contributed by atoms with Crippen molar-refractivity contribution in [2.45, 2.75) is 39.5 Å². The Morgan fingerprint density at radius 3 is 2.24 bits per heavy atom. The predicted molar refractivity (Wildman–Crippen MR) is 122 cm³/mol. The van der Waals surface area contributed by atoms with Crippen LogP contribution in [-0.4, -0.2) is 21.6 Å². The molecule has 25 heavy (non-hydrogen) atoms. The molecule has 0 aliphatic carbocycles. The third-order valence-electron chi connectivity index (χ3n) is 3.46. The van der Waals surface area contributed by atoms with Crippen LogP contribution in [0.15, 0.2) is 14.7 Å². The van der Waals surface area contributed by atoms with Gasteiger partial charge < -0.3 is 5.11 Å². The molecular formula is C17H21NOS6. The van der Waals surface area contributed by atoms with Gasteiger partial charge in [-0.1, -0.05) is 50.2 Å². The van der Waals surface area contributed by atoms with Gasteiger partial charge in [-0.05, 0) is 24.3 Å². The minimum absolute atomic E-state index is 0.694. The fraction of sp³-hybridized carbons (Fsp3) is 0.471. The van der Waals surface area contributed by atoms with Gasteiger partial charge in [0.25, 0.3) is 0 Å². The first-order valence-electron chi connectivity index (χ1n) is 8.35. The molecule has 3 aliphatic heterocycles. The highest BCUT2D eigenvalue weighted by molar-refractivity contribution is 8.45. The number of unbranched alkanes of at least 4 members (excludes halogenated alkanes) is 2. The van der Waals surface area contributed by atoms with Gasteiger partial charge in [-0.25, -0.2) is 0 Å². The fourth-order valence-corrected chi connectivity index (χ4v) is 11.0. The Bertz CT molecular complexity index is 888.